The van der Waals surface area contributed by atoms with Crippen LogP contribution in [0.1, 0.15) is 19.8 Å². The van der Waals surface area contributed by atoms with Crippen molar-refractivity contribution in [3.8, 4) is 0 Å². The standard InChI is InChI=1S/C12H16N2O2/c1-2-3-9(15)8-14-12-10-5-7-16-11(10)4-6-13-12/h4-7,9,15H,2-3,8H2,1H3,(H,13,14). The lowest BCUT2D eigenvalue weighted by Gasteiger charge is -2.11. The van der Waals surface area contributed by atoms with Crippen molar-refractivity contribution in [2.75, 3.05) is 11.9 Å². The summed E-state index contributed by atoms with van der Waals surface area (Å²) in [6.45, 7) is 2.57. The molecule has 86 valence electrons. The van der Waals surface area contributed by atoms with Crippen LogP contribution in [0, 0.1) is 0 Å². The summed E-state index contributed by atoms with van der Waals surface area (Å²) in [5, 5.41) is 13.7. The molecular formula is C12H16N2O2. The quantitative estimate of drug-likeness (QED) is 0.812. The average molecular weight is 220 g/mol. The number of anilines is 1. The van der Waals surface area contributed by atoms with Crippen molar-refractivity contribution in [3.63, 3.8) is 0 Å². The Bertz CT molecular complexity index is 453. The fourth-order valence-electron chi connectivity index (χ4n) is 1.69. The first-order chi connectivity index (χ1) is 7.81. The number of aliphatic hydroxyl groups excluding tert-OH is 1. The van der Waals surface area contributed by atoms with Crippen molar-refractivity contribution in [2.24, 2.45) is 0 Å². The van der Waals surface area contributed by atoms with E-state index >= 15 is 0 Å². The van der Waals surface area contributed by atoms with Gasteiger partial charge in [0.1, 0.15) is 11.4 Å². The van der Waals surface area contributed by atoms with Crippen molar-refractivity contribution in [2.45, 2.75) is 25.9 Å². The van der Waals surface area contributed by atoms with Gasteiger partial charge >= 0.3 is 0 Å². The summed E-state index contributed by atoms with van der Waals surface area (Å²) < 4.78 is 5.27. The Morgan fingerprint density at radius 1 is 1.50 bits per heavy atom. The Morgan fingerprint density at radius 3 is 3.19 bits per heavy atom. The molecule has 0 saturated carbocycles. The number of hydrogen-bond donors (Lipinski definition) is 2. The lowest BCUT2D eigenvalue weighted by Crippen LogP contribution is -2.19. The van der Waals surface area contributed by atoms with Gasteiger partial charge in [0, 0.05) is 12.7 Å². The molecule has 4 nitrogen and oxygen atoms in total. The van der Waals surface area contributed by atoms with Crippen LogP contribution in [-0.2, 0) is 0 Å². The van der Waals surface area contributed by atoms with Crippen LogP contribution >= 0.6 is 0 Å². The minimum absolute atomic E-state index is 0.325. The highest BCUT2D eigenvalue weighted by atomic mass is 16.3. The zero-order valence-corrected chi connectivity index (χ0v) is 9.31. The Labute approximate surface area is 94.3 Å². The Balaban J connectivity index is 2.06. The molecule has 2 aromatic heterocycles. The first-order valence-corrected chi connectivity index (χ1v) is 5.55. The van der Waals surface area contributed by atoms with Crippen LogP contribution in [0.4, 0.5) is 5.82 Å². The molecule has 0 amide bonds. The molecule has 0 fully saturated rings. The van der Waals surface area contributed by atoms with E-state index in [1.165, 1.54) is 0 Å². The molecule has 0 spiro atoms. The maximum absolute atomic E-state index is 9.62. The number of furan rings is 1. The summed E-state index contributed by atoms with van der Waals surface area (Å²) in [5.41, 5.74) is 0.808. The van der Waals surface area contributed by atoms with Gasteiger partial charge in [-0.3, -0.25) is 0 Å². The lowest BCUT2D eigenvalue weighted by molar-refractivity contribution is 0.176. The maximum atomic E-state index is 9.62. The monoisotopic (exact) mass is 220 g/mol. The molecule has 2 aromatic rings. The van der Waals surface area contributed by atoms with Gasteiger partial charge in [0.2, 0.25) is 0 Å². The normalized spacial score (nSPS) is 12.9. The van der Waals surface area contributed by atoms with Gasteiger partial charge in [0.25, 0.3) is 0 Å². The molecule has 0 aliphatic rings. The van der Waals surface area contributed by atoms with Crippen LogP contribution in [0.25, 0.3) is 11.0 Å². The van der Waals surface area contributed by atoms with Crippen molar-refractivity contribution < 1.29 is 9.52 Å². The highest BCUT2D eigenvalue weighted by Gasteiger charge is 2.06. The van der Waals surface area contributed by atoms with Gasteiger partial charge in [0.05, 0.1) is 17.8 Å². The second kappa shape index (κ2) is 4.99. The van der Waals surface area contributed by atoms with Crippen LogP contribution in [-0.4, -0.2) is 22.7 Å². The molecule has 0 bridgehead atoms. The molecule has 1 atom stereocenters. The molecular weight excluding hydrogens is 204 g/mol. The summed E-state index contributed by atoms with van der Waals surface area (Å²) in [6, 6.07) is 3.69. The van der Waals surface area contributed by atoms with Crippen LogP contribution in [0.2, 0.25) is 0 Å². The summed E-state index contributed by atoms with van der Waals surface area (Å²) in [7, 11) is 0. The smallest absolute Gasteiger partial charge is 0.139 e. The van der Waals surface area contributed by atoms with Gasteiger partial charge in [-0.2, -0.15) is 0 Å². The summed E-state index contributed by atoms with van der Waals surface area (Å²) >= 11 is 0. The number of aromatic nitrogens is 1. The van der Waals surface area contributed by atoms with E-state index in [0.29, 0.717) is 6.54 Å². The number of pyridine rings is 1. The molecule has 0 radical (unpaired) electrons. The van der Waals surface area contributed by atoms with Gasteiger partial charge < -0.3 is 14.8 Å². The zero-order valence-electron chi connectivity index (χ0n) is 9.31. The average Bonchev–Trinajstić information content (AvgIpc) is 2.75. The van der Waals surface area contributed by atoms with Gasteiger partial charge in [-0.1, -0.05) is 13.3 Å². The number of nitrogens with zero attached hydrogens (tertiary/aromatic N) is 1. The van der Waals surface area contributed by atoms with Gasteiger partial charge in [-0.25, -0.2) is 4.98 Å². The fraction of sp³-hybridized carbons (Fsp3) is 0.417. The molecule has 0 saturated heterocycles. The summed E-state index contributed by atoms with van der Waals surface area (Å²) in [4.78, 5) is 4.23. The van der Waals surface area contributed by atoms with E-state index in [4.69, 9.17) is 4.42 Å². The second-order valence-corrected chi connectivity index (χ2v) is 3.82. The number of aliphatic hydroxyl groups is 1. The number of nitrogens with one attached hydrogen (secondary N) is 1. The summed E-state index contributed by atoms with van der Waals surface area (Å²) in [6.07, 6.45) is 4.79. The molecule has 0 aliphatic heterocycles. The van der Waals surface area contributed by atoms with E-state index in [9.17, 15) is 5.11 Å². The third-order valence-corrected chi connectivity index (χ3v) is 2.51. The largest absolute Gasteiger partial charge is 0.464 e. The van der Waals surface area contributed by atoms with Crippen LogP contribution in [0.15, 0.2) is 29.0 Å². The Morgan fingerprint density at radius 2 is 2.38 bits per heavy atom. The van der Waals surface area contributed by atoms with Crippen molar-refractivity contribution >= 4 is 16.8 Å². The Kier molecular flexibility index (Phi) is 3.41. The third-order valence-electron chi connectivity index (χ3n) is 2.51. The number of hydrogen-bond acceptors (Lipinski definition) is 4. The third kappa shape index (κ3) is 2.33. The van der Waals surface area contributed by atoms with E-state index in [1.54, 1.807) is 12.5 Å². The van der Waals surface area contributed by atoms with Crippen molar-refractivity contribution in [1.82, 2.24) is 4.98 Å². The highest BCUT2D eigenvalue weighted by Crippen LogP contribution is 2.21. The predicted octanol–water partition coefficient (Wildman–Crippen LogP) is 2.40. The lowest BCUT2D eigenvalue weighted by atomic mass is 10.2. The van der Waals surface area contributed by atoms with Crippen LogP contribution in [0.3, 0.4) is 0 Å². The molecule has 16 heavy (non-hydrogen) atoms. The minimum atomic E-state index is -0.325. The zero-order chi connectivity index (χ0) is 11.4. The van der Waals surface area contributed by atoms with Gasteiger partial charge in [0.15, 0.2) is 0 Å². The van der Waals surface area contributed by atoms with Crippen molar-refractivity contribution in [1.29, 1.82) is 0 Å². The first-order valence-electron chi connectivity index (χ1n) is 5.55. The number of rotatable bonds is 5. The molecule has 4 heteroatoms. The number of fused-ring (bicyclic) bond motifs is 1. The molecule has 1 unspecified atom stereocenters. The molecule has 2 rings (SSSR count). The highest BCUT2D eigenvalue weighted by molar-refractivity contribution is 5.87. The predicted molar refractivity (Wildman–Crippen MR) is 63.4 cm³/mol. The molecule has 0 aliphatic carbocycles. The molecule has 0 aromatic carbocycles. The van der Waals surface area contributed by atoms with Crippen molar-refractivity contribution in [3.05, 3.63) is 24.6 Å². The van der Waals surface area contributed by atoms with Gasteiger partial charge in [-0.15, -0.1) is 0 Å². The topological polar surface area (TPSA) is 58.3 Å². The van der Waals surface area contributed by atoms with E-state index in [0.717, 1.165) is 29.6 Å². The fourth-order valence-corrected chi connectivity index (χ4v) is 1.69. The maximum Gasteiger partial charge on any atom is 0.139 e. The second-order valence-electron chi connectivity index (χ2n) is 3.82. The SMILES string of the molecule is CCCC(O)CNc1nccc2occc12. The van der Waals surface area contributed by atoms with E-state index in [1.807, 2.05) is 12.1 Å². The van der Waals surface area contributed by atoms with E-state index < -0.39 is 0 Å². The van der Waals surface area contributed by atoms with E-state index in [-0.39, 0.29) is 6.10 Å². The molecule has 2 heterocycles. The Hall–Kier alpha value is -1.55. The van der Waals surface area contributed by atoms with E-state index in [2.05, 4.69) is 17.2 Å². The van der Waals surface area contributed by atoms with Gasteiger partial charge in [-0.05, 0) is 18.6 Å². The van der Waals surface area contributed by atoms with Crippen LogP contribution < -0.4 is 5.32 Å². The minimum Gasteiger partial charge on any atom is -0.464 e. The summed E-state index contributed by atoms with van der Waals surface area (Å²) in [5.74, 6) is 0.765. The van der Waals surface area contributed by atoms with Crippen LogP contribution in [0.5, 0.6) is 0 Å². The first kappa shape index (κ1) is 11.0. The molecule has 2 N–H and O–H groups in total.